The summed E-state index contributed by atoms with van der Waals surface area (Å²) in [5.74, 6) is 1.71. The highest BCUT2D eigenvalue weighted by atomic mass is 16.5. The van der Waals surface area contributed by atoms with Crippen LogP contribution >= 0.6 is 0 Å². The van der Waals surface area contributed by atoms with E-state index in [0.29, 0.717) is 6.04 Å². The molecule has 1 amide bonds. The maximum Gasteiger partial charge on any atom is 0.209 e. The van der Waals surface area contributed by atoms with Gasteiger partial charge in [0, 0.05) is 25.7 Å². The number of hydrogen-bond acceptors (Lipinski definition) is 3. The number of ether oxygens (including phenoxy) is 1. The lowest BCUT2D eigenvalue weighted by Crippen LogP contribution is -2.44. The van der Waals surface area contributed by atoms with Gasteiger partial charge in [-0.25, -0.2) is 0 Å². The van der Waals surface area contributed by atoms with Crippen molar-refractivity contribution in [2.75, 3.05) is 33.3 Å². The van der Waals surface area contributed by atoms with E-state index in [1.54, 1.807) is 7.11 Å². The van der Waals surface area contributed by atoms with Crippen molar-refractivity contribution in [2.24, 2.45) is 5.92 Å². The zero-order valence-corrected chi connectivity index (χ0v) is 15.7. The van der Waals surface area contributed by atoms with Gasteiger partial charge in [0.2, 0.25) is 6.41 Å². The quantitative estimate of drug-likeness (QED) is 0.713. The summed E-state index contributed by atoms with van der Waals surface area (Å²) in [4.78, 5) is 15.6. The molecule has 3 rings (SSSR count). The van der Waals surface area contributed by atoms with Crippen molar-refractivity contribution in [3.05, 3.63) is 29.3 Å². The van der Waals surface area contributed by atoms with E-state index in [1.165, 1.54) is 37.1 Å². The third kappa shape index (κ3) is 4.55. The van der Waals surface area contributed by atoms with Crippen LogP contribution in [-0.4, -0.2) is 55.5 Å². The van der Waals surface area contributed by atoms with Crippen LogP contribution in [0.25, 0.3) is 0 Å². The Balaban J connectivity index is 1.62. The SMILES string of the molecule is CCCN(CC1CCN(C=O)CC1)C1CCc2cc(OC)ccc2C1. The molecular weight excluding hydrogens is 312 g/mol. The average molecular weight is 344 g/mol. The molecule has 2 aliphatic rings. The average Bonchev–Trinajstić information content (AvgIpc) is 2.67. The Morgan fingerprint density at radius 3 is 2.72 bits per heavy atom. The van der Waals surface area contributed by atoms with Gasteiger partial charge in [-0.15, -0.1) is 0 Å². The highest BCUT2D eigenvalue weighted by molar-refractivity contribution is 5.47. The van der Waals surface area contributed by atoms with E-state index in [0.717, 1.165) is 56.9 Å². The standard InChI is InChI=1S/C21H32N2O2/c1-3-10-23(15-17-8-11-22(16-24)12-9-17)20-6-4-19-14-21(25-2)7-5-18(19)13-20/h5,7,14,16-17,20H,3-4,6,8-13,15H2,1-2H3. The lowest BCUT2D eigenvalue weighted by molar-refractivity contribution is -0.119. The van der Waals surface area contributed by atoms with Crippen LogP contribution in [0.2, 0.25) is 0 Å². The highest BCUT2D eigenvalue weighted by Crippen LogP contribution is 2.29. The van der Waals surface area contributed by atoms with Crippen molar-refractivity contribution >= 4 is 6.41 Å². The van der Waals surface area contributed by atoms with Gasteiger partial charge in [0.1, 0.15) is 5.75 Å². The van der Waals surface area contributed by atoms with E-state index < -0.39 is 0 Å². The van der Waals surface area contributed by atoms with Crippen LogP contribution in [-0.2, 0) is 17.6 Å². The predicted molar refractivity (Wildman–Crippen MR) is 101 cm³/mol. The second kappa shape index (κ2) is 8.70. The van der Waals surface area contributed by atoms with Crippen LogP contribution in [0, 0.1) is 5.92 Å². The Kier molecular flexibility index (Phi) is 6.35. The number of hydrogen-bond donors (Lipinski definition) is 0. The van der Waals surface area contributed by atoms with Crippen LogP contribution in [0.4, 0.5) is 0 Å². The van der Waals surface area contributed by atoms with E-state index in [4.69, 9.17) is 4.74 Å². The Morgan fingerprint density at radius 2 is 2.04 bits per heavy atom. The number of rotatable bonds is 7. The van der Waals surface area contributed by atoms with Gasteiger partial charge < -0.3 is 9.64 Å². The summed E-state index contributed by atoms with van der Waals surface area (Å²) in [7, 11) is 1.74. The first-order valence-corrected chi connectivity index (χ1v) is 9.82. The highest BCUT2D eigenvalue weighted by Gasteiger charge is 2.27. The number of benzene rings is 1. The summed E-state index contributed by atoms with van der Waals surface area (Å²) in [6.07, 6.45) is 8.07. The molecule has 4 heteroatoms. The fourth-order valence-corrected chi connectivity index (χ4v) is 4.43. The fourth-order valence-electron chi connectivity index (χ4n) is 4.43. The molecule has 0 spiro atoms. The lowest BCUT2D eigenvalue weighted by Gasteiger charge is -2.39. The summed E-state index contributed by atoms with van der Waals surface area (Å²) in [6, 6.07) is 7.23. The number of piperidine rings is 1. The molecule has 1 heterocycles. The minimum Gasteiger partial charge on any atom is -0.497 e. The van der Waals surface area contributed by atoms with Crippen LogP contribution in [0.3, 0.4) is 0 Å². The van der Waals surface area contributed by atoms with Gasteiger partial charge in [0.05, 0.1) is 7.11 Å². The number of carbonyl (C=O) groups excluding carboxylic acids is 1. The molecule has 1 aromatic carbocycles. The summed E-state index contributed by atoms with van der Waals surface area (Å²) < 4.78 is 5.37. The normalized spacial score (nSPS) is 21.2. The van der Waals surface area contributed by atoms with Crippen LogP contribution in [0.15, 0.2) is 18.2 Å². The zero-order valence-electron chi connectivity index (χ0n) is 15.7. The molecule has 1 aliphatic heterocycles. The largest absolute Gasteiger partial charge is 0.497 e. The Bertz CT molecular complexity index is 567. The molecule has 4 nitrogen and oxygen atoms in total. The minimum atomic E-state index is 0.657. The van der Waals surface area contributed by atoms with Gasteiger partial charge in [-0.3, -0.25) is 9.69 Å². The van der Waals surface area contributed by atoms with Crippen LogP contribution in [0.5, 0.6) is 5.75 Å². The third-order valence-electron chi connectivity index (χ3n) is 5.93. The molecule has 138 valence electrons. The molecule has 25 heavy (non-hydrogen) atoms. The van der Waals surface area contributed by atoms with Gasteiger partial charge in [-0.1, -0.05) is 13.0 Å². The second-order valence-electron chi connectivity index (χ2n) is 7.61. The van der Waals surface area contributed by atoms with Crippen LogP contribution in [0.1, 0.15) is 43.7 Å². The van der Waals surface area contributed by atoms with Gasteiger partial charge in [0.15, 0.2) is 0 Å². The topological polar surface area (TPSA) is 32.8 Å². The van der Waals surface area contributed by atoms with E-state index >= 15 is 0 Å². The van der Waals surface area contributed by atoms with Gasteiger partial charge >= 0.3 is 0 Å². The van der Waals surface area contributed by atoms with Crippen molar-refractivity contribution < 1.29 is 9.53 Å². The summed E-state index contributed by atoms with van der Waals surface area (Å²) in [5, 5.41) is 0. The number of likely N-dealkylation sites (tertiary alicyclic amines) is 1. The number of aryl methyl sites for hydroxylation is 1. The van der Waals surface area contributed by atoms with Gasteiger partial charge in [-0.05, 0) is 74.2 Å². The Labute approximate surface area is 152 Å². The maximum atomic E-state index is 10.9. The van der Waals surface area contributed by atoms with Gasteiger partial charge in [0.25, 0.3) is 0 Å². The van der Waals surface area contributed by atoms with E-state index in [2.05, 4.69) is 30.0 Å². The molecule has 1 saturated heterocycles. The van der Waals surface area contributed by atoms with E-state index in [9.17, 15) is 4.79 Å². The number of fused-ring (bicyclic) bond motifs is 1. The number of amides is 1. The smallest absolute Gasteiger partial charge is 0.209 e. The Morgan fingerprint density at radius 1 is 1.24 bits per heavy atom. The molecule has 1 aliphatic carbocycles. The molecule has 0 aromatic heterocycles. The summed E-state index contributed by atoms with van der Waals surface area (Å²) in [5.41, 5.74) is 2.96. The molecule has 1 atom stereocenters. The predicted octanol–water partition coefficient (Wildman–Crippen LogP) is 3.13. The summed E-state index contributed by atoms with van der Waals surface area (Å²) in [6.45, 7) is 6.52. The van der Waals surface area contributed by atoms with Crippen molar-refractivity contribution in [3.8, 4) is 5.75 Å². The molecule has 0 N–H and O–H groups in total. The third-order valence-corrected chi connectivity index (χ3v) is 5.93. The first-order valence-electron chi connectivity index (χ1n) is 9.82. The van der Waals surface area contributed by atoms with Gasteiger partial charge in [-0.2, -0.15) is 0 Å². The number of methoxy groups -OCH3 is 1. The molecule has 1 fully saturated rings. The first kappa shape index (κ1) is 18.2. The minimum absolute atomic E-state index is 0.657. The van der Waals surface area contributed by atoms with E-state index in [-0.39, 0.29) is 0 Å². The fraction of sp³-hybridized carbons (Fsp3) is 0.667. The lowest BCUT2D eigenvalue weighted by atomic mass is 9.86. The number of nitrogens with zero attached hydrogens (tertiary/aromatic N) is 2. The summed E-state index contributed by atoms with van der Waals surface area (Å²) >= 11 is 0. The molecule has 0 saturated carbocycles. The maximum absolute atomic E-state index is 10.9. The second-order valence-corrected chi connectivity index (χ2v) is 7.61. The molecule has 0 radical (unpaired) electrons. The van der Waals surface area contributed by atoms with E-state index in [1.807, 2.05) is 4.90 Å². The number of carbonyl (C=O) groups is 1. The molecule has 1 aromatic rings. The molecule has 1 unspecified atom stereocenters. The monoisotopic (exact) mass is 344 g/mol. The first-order chi connectivity index (χ1) is 12.2. The molecule has 0 bridgehead atoms. The zero-order chi connectivity index (χ0) is 17.6. The van der Waals surface area contributed by atoms with Crippen LogP contribution < -0.4 is 4.74 Å². The van der Waals surface area contributed by atoms with Crippen molar-refractivity contribution in [3.63, 3.8) is 0 Å². The van der Waals surface area contributed by atoms with Crippen molar-refractivity contribution in [2.45, 2.75) is 51.5 Å². The van der Waals surface area contributed by atoms with Crippen molar-refractivity contribution in [1.82, 2.24) is 9.80 Å². The van der Waals surface area contributed by atoms with Crippen molar-refractivity contribution in [1.29, 1.82) is 0 Å². The molecular formula is C21H32N2O2. The Hall–Kier alpha value is -1.55.